The van der Waals surface area contributed by atoms with Crippen molar-refractivity contribution < 1.29 is 13.9 Å². The number of hydrogen-bond acceptors (Lipinski definition) is 6. The number of nitriles is 1. The van der Waals surface area contributed by atoms with Gasteiger partial charge in [-0.15, -0.1) is 0 Å². The molecule has 8 nitrogen and oxygen atoms in total. The second kappa shape index (κ2) is 8.75. The van der Waals surface area contributed by atoms with Crippen molar-refractivity contribution in [2.75, 3.05) is 19.5 Å². The van der Waals surface area contributed by atoms with Gasteiger partial charge in [0.2, 0.25) is 0 Å². The molecule has 1 N–H and O–H groups in total. The van der Waals surface area contributed by atoms with E-state index in [4.69, 9.17) is 9.47 Å². The first-order valence-electron chi connectivity index (χ1n) is 9.26. The van der Waals surface area contributed by atoms with Crippen LogP contribution in [0.5, 0.6) is 11.5 Å². The van der Waals surface area contributed by atoms with Gasteiger partial charge < -0.3 is 14.8 Å². The third kappa shape index (κ3) is 4.00. The van der Waals surface area contributed by atoms with Gasteiger partial charge in [-0.1, -0.05) is 12.1 Å². The van der Waals surface area contributed by atoms with Gasteiger partial charge in [0.05, 0.1) is 20.3 Å². The van der Waals surface area contributed by atoms with Gasteiger partial charge in [-0.05, 0) is 35.9 Å². The fourth-order valence-electron chi connectivity index (χ4n) is 3.34. The zero-order valence-corrected chi connectivity index (χ0v) is 17.5. The van der Waals surface area contributed by atoms with E-state index in [1.54, 1.807) is 24.3 Å². The number of nitrogens with one attached hydrogen (secondary N) is 1. The van der Waals surface area contributed by atoms with Crippen LogP contribution in [-0.4, -0.2) is 23.4 Å². The Labute approximate surface area is 177 Å². The highest BCUT2D eigenvalue weighted by molar-refractivity contribution is 5.56. The molecule has 0 radical (unpaired) electrons. The highest BCUT2D eigenvalue weighted by Gasteiger charge is 2.24. The minimum Gasteiger partial charge on any atom is -0.497 e. The van der Waals surface area contributed by atoms with Gasteiger partial charge >= 0.3 is 5.69 Å². The van der Waals surface area contributed by atoms with Crippen molar-refractivity contribution in [3.63, 3.8) is 0 Å². The van der Waals surface area contributed by atoms with Crippen molar-refractivity contribution >= 4 is 5.82 Å². The molecule has 0 aliphatic rings. The molecule has 2 aromatic carbocycles. The van der Waals surface area contributed by atoms with Crippen LogP contribution in [0.25, 0.3) is 0 Å². The Kier molecular flexibility index (Phi) is 6.11. The molecule has 0 saturated heterocycles. The molecule has 3 aromatic rings. The maximum atomic E-state index is 14.2. The van der Waals surface area contributed by atoms with Gasteiger partial charge in [-0.3, -0.25) is 13.9 Å². The van der Waals surface area contributed by atoms with Crippen molar-refractivity contribution in [1.82, 2.24) is 9.13 Å². The second-order valence-corrected chi connectivity index (χ2v) is 6.78. The van der Waals surface area contributed by atoms with Crippen LogP contribution in [-0.2, 0) is 14.1 Å². The van der Waals surface area contributed by atoms with Crippen molar-refractivity contribution in [1.29, 1.82) is 5.26 Å². The summed E-state index contributed by atoms with van der Waals surface area (Å²) in [7, 11) is 5.71. The Morgan fingerprint density at radius 3 is 2.45 bits per heavy atom. The summed E-state index contributed by atoms with van der Waals surface area (Å²) in [6, 6.07) is 12.1. The molecular weight excluding hydrogens is 403 g/mol. The van der Waals surface area contributed by atoms with E-state index in [1.807, 2.05) is 6.07 Å². The number of ether oxygens (including phenoxy) is 2. The van der Waals surface area contributed by atoms with Crippen molar-refractivity contribution in [3.8, 4) is 17.6 Å². The minimum absolute atomic E-state index is 0.00901. The maximum Gasteiger partial charge on any atom is 0.332 e. The average Bonchev–Trinajstić information content (AvgIpc) is 2.79. The zero-order chi connectivity index (χ0) is 22.7. The molecule has 0 saturated carbocycles. The molecule has 1 unspecified atom stereocenters. The molecule has 1 aromatic heterocycles. The van der Waals surface area contributed by atoms with Crippen LogP contribution in [0.4, 0.5) is 10.2 Å². The summed E-state index contributed by atoms with van der Waals surface area (Å²) in [5.74, 6) is 0.450. The summed E-state index contributed by atoms with van der Waals surface area (Å²) in [5.41, 5.74) is -0.535. The van der Waals surface area contributed by atoms with Crippen molar-refractivity contribution in [2.24, 2.45) is 14.1 Å². The topological polar surface area (TPSA) is 98.3 Å². The van der Waals surface area contributed by atoms with E-state index in [0.717, 1.165) is 4.57 Å². The highest BCUT2D eigenvalue weighted by atomic mass is 19.1. The number of benzene rings is 2. The normalized spacial score (nSPS) is 11.5. The summed E-state index contributed by atoms with van der Waals surface area (Å²) >= 11 is 0. The quantitative estimate of drug-likeness (QED) is 0.652. The smallest absolute Gasteiger partial charge is 0.332 e. The van der Waals surface area contributed by atoms with E-state index in [1.165, 1.54) is 51.1 Å². The summed E-state index contributed by atoms with van der Waals surface area (Å²) in [4.78, 5) is 25.0. The lowest BCUT2D eigenvalue weighted by molar-refractivity contribution is 0.406. The third-order valence-electron chi connectivity index (χ3n) is 4.99. The zero-order valence-electron chi connectivity index (χ0n) is 17.5. The molecule has 0 fully saturated rings. The Bertz CT molecular complexity index is 1290. The van der Waals surface area contributed by atoms with E-state index in [9.17, 15) is 19.2 Å². The third-order valence-corrected chi connectivity index (χ3v) is 4.99. The number of methoxy groups -OCH3 is 2. The summed E-state index contributed by atoms with van der Waals surface area (Å²) in [6.45, 7) is 0. The molecule has 160 valence electrons. The Hall–Kier alpha value is -4.06. The Morgan fingerprint density at radius 1 is 1.06 bits per heavy atom. The van der Waals surface area contributed by atoms with Gasteiger partial charge in [0, 0.05) is 19.7 Å². The number of halogens is 1. The molecule has 0 amide bonds. The van der Waals surface area contributed by atoms with Crippen molar-refractivity contribution in [3.05, 3.63) is 85.8 Å². The molecule has 0 bridgehead atoms. The first-order chi connectivity index (χ1) is 14.8. The monoisotopic (exact) mass is 424 g/mol. The van der Waals surface area contributed by atoms with Crippen molar-refractivity contribution in [2.45, 2.75) is 6.04 Å². The average molecular weight is 424 g/mol. The lowest BCUT2D eigenvalue weighted by atomic mass is 9.97. The van der Waals surface area contributed by atoms with Gasteiger partial charge in [0.1, 0.15) is 29.2 Å². The lowest BCUT2D eigenvalue weighted by Gasteiger charge is -2.25. The van der Waals surface area contributed by atoms with E-state index < -0.39 is 23.1 Å². The van der Waals surface area contributed by atoms with Gasteiger partial charge in [0.25, 0.3) is 5.56 Å². The predicted molar refractivity (Wildman–Crippen MR) is 113 cm³/mol. The predicted octanol–water partition coefficient (Wildman–Crippen LogP) is 2.31. The van der Waals surface area contributed by atoms with E-state index in [0.29, 0.717) is 22.6 Å². The fourth-order valence-corrected chi connectivity index (χ4v) is 3.34. The van der Waals surface area contributed by atoms with E-state index >= 15 is 0 Å². The van der Waals surface area contributed by atoms with Crippen LogP contribution in [0.2, 0.25) is 0 Å². The van der Waals surface area contributed by atoms with Gasteiger partial charge in [0.15, 0.2) is 5.56 Å². The van der Waals surface area contributed by atoms with Crippen LogP contribution in [0.3, 0.4) is 0 Å². The number of aromatic nitrogens is 2. The Morgan fingerprint density at radius 2 is 1.81 bits per heavy atom. The van der Waals surface area contributed by atoms with Crippen LogP contribution in [0.15, 0.2) is 52.1 Å². The van der Waals surface area contributed by atoms with Gasteiger partial charge in [-0.25, -0.2) is 9.18 Å². The summed E-state index contributed by atoms with van der Waals surface area (Å²) in [6.07, 6.45) is 0. The lowest BCUT2D eigenvalue weighted by Crippen LogP contribution is -2.40. The minimum atomic E-state index is -0.773. The second-order valence-electron chi connectivity index (χ2n) is 6.78. The van der Waals surface area contributed by atoms with E-state index in [2.05, 4.69) is 5.32 Å². The largest absolute Gasteiger partial charge is 0.497 e. The number of anilines is 1. The first-order valence-corrected chi connectivity index (χ1v) is 9.26. The number of hydrogen-bond donors (Lipinski definition) is 1. The van der Waals surface area contributed by atoms with Crippen LogP contribution in [0, 0.1) is 17.1 Å². The molecule has 0 spiro atoms. The van der Waals surface area contributed by atoms with Crippen LogP contribution >= 0.6 is 0 Å². The molecule has 3 rings (SSSR count). The van der Waals surface area contributed by atoms with Gasteiger partial charge in [-0.2, -0.15) is 5.26 Å². The first kappa shape index (κ1) is 21.6. The molecule has 9 heteroatoms. The molecule has 0 aliphatic carbocycles. The Balaban J connectivity index is 2.30. The van der Waals surface area contributed by atoms with Crippen LogP contribution in [0.1, 0.15) is 22.7 Å². The molecule has 1 atom stereocenters. The maximum absolute atomic E-state index is 14.2. The van der Waals surface area contributed by atoms with Crippen LogP contribution < -0.4 is 26.0 Å². The molecule has 1 heterocycles. The number of rotatable bonds is 6. The SMILES string of the molecule is COc1cccc(C(Nc2c(C#N)c(=O)n(C)c(=O)n2C)c2cc(F)ccc2OC)c1. The standard InChI is InChI=1S/C22H21FN4O4/c1-26-20(17(12-24)21(28)27(2)22(26)29)25-19(13-6-5-7-15(10-13)30-3)16-11-14(23)8-9-18(16)31-4/h5-11,19,25H,1-4H3. The highest BCUT2D eigenvalue weighted by Crippen LogP contribution is 2.35. The fraction of sp³-hybridized carbons (Fsp3) is 0.227. The summed E-state index contributed by atoms with van der Waals surface area (Å²) in [5, 5.41) is 12.7. The van der Waals surface area contributed by atoms with E-state index in [-0.39, 0.29) is 11.4 Å². The number of nitrogens with zero attached hydrogens (tertiary/aromatic N) is 3. The molecule has 31 heavy (non-hydrogen) atoms. The molecule has 0 aliphatic heterocycles. The molecular formula is C22H21FN4O4. The summed E-state index contributed by atoms with van der Waals surface area (Å²) < 4.78 is 26.9.